The van der Waals surface area contributed by atoms with E-state index in [0.29, 0.717) is 6.04 Å². The second-order valence-electron chi connectivity index (χ2n) is 6.41. The molecule has 0 spiro atoms. The smallest absolute Gasteiger partial charge is 0.223 e. The fourth-order valence-electron chi connectivity index (χ4n) is 4.19. The van der Waals surface area contributed by atoms with Gasteiger partial charge in [0.1, 0.15) is 0 Å². The number of fused-ring (bicyclic) bond motifs is 2. The highest BCUT2D eigenvalue weighted by Crippen LogP contribution is 2.44. The van der Waals surface area contributed by atoms with Gasteiger partial charge in [0.15, 0.2) is 0 Å². The van der Waals surface area contributed by atoms with Crippen LogP contribution in [0.25, 0.3) is 0 Å². The fraction of sp³-hybridized carbons (Fsp3) is 0.929. The number of nitrogens with two attached hydrogens (primary N) is 1. The average Bonchev–Trinajstić information content (AvgIpc) is 2.91. The maximum Gasteiger partial charge on any atom is 0.223 e. The summed E-state index contributed by atoms with van der Waals surface area (Å²) >= 11 is 0. The molecule has 3 saturated carbocycles. The van der Waals surface area contributed by atoms with Crippen LogP contribution in [0.1, 0.15) is 51.4 Å². The van der Waals surface area contributed by atoms with Crippen molar-refractivity contribution >= 4 is 5.91 Å². The molecule has 0 aliphatic heterocycles. The van der Waals surface area contributed by atoms with Crippen molar-refractivity contribution in [1.82, 2.24) is 5.32 Å². The molecule has 96 valence electrons. The number of hydrogen-bond acceptors (Lipinski definition) is 2. The summed E-state index contributed by atoms with van der Waals surface area (Å²) in [5.74, 6) is 2.16. The van der Waals surface area contributed by atoms with E-state index in [9.17, 15) is 4.79 Å². The first-order valence-corrected chi connectivity index (χ1v) is 7.28. The van der Waals surface area contributed by atoms with Gasteiger partial charge in [-0.05, 0) is 50.4 Å². The molecule has 5 unspecified atom stereocenters. The molecule has 0 aromatic carbocycles. The first kappa shape index (κ1) is 11.5. The molecular formula is C14H24N2O. The zero-order chi connectivity index (χ0) is 11.8. The van der Waals surface area contributed by atoms with Gasteiger partial charge in [0.05, 0.1) is 0 Å². The van der Waals surface area contributed by atoms with Crippen molar-refractivity contribution < 1.29 is 4.79 Å². The predicted octanol–water partition coefficient (Wildman–Crippen LogP) is 1.81. The van der Waals surface area contributed by atoms with Gasteiger partial charge in [0, 0.05) is 18.0 Å². The lowest BCUT2D eigenvalue weighted by molar-refractivity contribution is -0.127. The first-order valence-electron chi connectivity index (χ1n) is 7.28. The van der Waals surface area contributed by atoms with Gasteiger partial charge >= 0.3 is 0 Å². The maximum absolute atomic E-state index is 12.2. The van der Waals surface area contributed by atoms with Crippen LogP contribution >= 0.6 is 0 Å². The SMILES string of the molecule is NC1CCCC(C(=O)NC2CC3CCC2C3)C1. The normalized spacial score (nSPS) is 44.9. The van der Waals surface area contributed by atoms with E-state index in [4.69, 9.17) is 5.73 Å². The van der Waals surface area contributed by atoms with Crippen LogP contribution in [0.4, 0.5) is 0 Å². The van der Waals surface area contributed by atoms with Gasteiger partial charge < -0.3 is 11.1 Å². The Labute approximate surface area is 104 Å². The molecule has 3 heteroatoms. The Morgan fingerprint density at radius 2 is 1.94 bits per heavy atom. The van der Waals surface area contributed by atoms with E-state index in [1.54, 1.807) is 0 Å². The summed E-state index contributed by atoms with van der Waals surface area (Å²) in [7, 11) is 0. The third-order valence-corrected chi connectivity index (χ3v) is 5.15. The number of carbonyl (C=O) groups excluding carboxylic acids is 1. The lowest BCUT2D eigenvalue weighted by atomic mass is 9.85. The van der Waals surface area contributed by atoms with Gasteiger partial charge in [-0.25, -0.2) is 0 Å². The van der Waals surface area contributed by atoms with Crippen molar-refractivity contribution in [2.24, 2.45) is 23.5 Å². The summed E-state index contributed by atoms with van der Waals surface area (Å²) < 4.78 is 0. The van der Waals surface area contributed by atoms with Gasteiger partial charge in [-0.15, -0.1) is 0 Å². The van der Waals surface area contributed by atoms with Crippen LogP contribution < -0.4 is 11.1 Å². The van der Waals surface area contributed by atoms with Crippen LogP contribution in [0.5, 0.6) is 0 Å². The minimum absolute atomic E-state index is 0.192. The number of hydrogen-bond donors (Lipinski definition) is 2. The average molecular weight is 236 g/mol. The minimum atomic E-state index is 0.192. The lowest BCUT2D eigenvalue weighted by Crippen LogP contribution is -2.44. The molecule has 0 heterocycles. The van der Waals surface area contributed by atoms with E-state index in [2.05, 4.69) is 5.32 Å². The highest BCUT2D eigenvalue weighted by Gasteiger charge is 2.40. The lowest BCUT2D eigenvalue weighted by Gasteiger charge is -2.29. The summed E-state index contributed by atoms with van der Waals surface area (Å²) in [6, 6.07) is 0.735. The molecule has 0 aromatic rings. The Bertz CT molecular complexity index is 305. The zero-order valence-corrected chi connectivity index (χ0v) is 10.5. The van der Waals surface area contributed by atoms with Gasteiger partial charge in [-0.3, -0.25) is 4.79 Å². The molecule has 0 radical (unpaired) electrons. The predicted molar refractivity (Wildman–Crippen MR) is 67.3 cm³/mol. The second-order valence-corrected chi connectivity index (χ2v) is 6.41. The van der Waals surface area contributed by atoms with E-state index in [-0.39, 0.29) is 17.9 Å². The monoisotopic (exact) mass is 236 g/mol. The van der Waals surface area contributed by atoms with Gasteiger partial charge in [0.25, 0.3) is 0 Å². The number of amides is 1. The highest BCUT2D eigenvalue weighted by atomic mass is 16.1. The highest BCUT2D eigenvalue weighted by molar-refractivity contribution is 5.79. The summed E-state index contributed by atoms with van der Waals surface area (Å²) in [6.45, 7) is 0. The maximum atomic E-state index is 12.2. The molecule has 3 aliphatic carbocycles. The van der Waals surface area contributed by atoms with Crippen LogP contribution in [-0.4, -0.2) is 18.0 Å². The molecule has 3 fully saturated rings. The van der Waals surface area contributed by atoms with Crippen LogP contribution in [0.15, 0.2) is 0 Å². The topological polar surface area (TPSA) is 55.1 Å². The Balaban J connectivity index is 1.53. The quantitative estimate of drug-likeness (QED) is 0.768. The summed E-state index contributed by atoms with van der Waals surface area (Å²) in [6.07, 6.45) is 9.47. The molecular weight excluding hydrogens is 212 g/mol. The van der Waals surface area contributed by atoms with E-state index in [1.165, 1.54) is 25.7 Å². The standard InChI is InChI=1S/C14H24N2O/c15-12-3-1-2-11(8-12)14(17)16-13-7-9-4-5-10(13)6-9/h9-13H,1-8,15H2,(H,16,17). The second kappa shape index (κ2) is 4.60. The third-order valence-electron chi connectivity index (χ3n) is 5.15. The van der Waals surface area contributed by atoms with Gasteiger partial charge in [-0.1, -0.05) is 12.8 Å². The first-order chi connectivity index (χ1) is 8.22. The Hall–Kier alpha value is -0.570. The number of nitrogens with one attached hydrogen (secondary N) is 1. The molecule has 2 bridgehead atoms. The van der Waals surface area contributed by atoms with Crippen molar-refractivity contribution in [3.05, 3.63) is 0 Å². The number of rotatable bonds is 2. The van der Waals surface area contributed by atoms with E-state index in [0.717, 1.165) is 37.5 Å². The summed E-state index contributed by atoms with van der Waals surface area (Å²) in [4.78, 5) is 12.2. The number of carbonyl (C=O) groups is 1. The molecule has 0 saturated heterocycles. The molecule has 3 nitrogen and oxygen atoms in total. The van der Waals surface area contributed by atoms with Crippen molar-refractivity contribution in [2.45, 2.75) is 63.5 Å². The van der Waals surface area contributed by atoms with Crippen LogP contribution in [0.2, 0.25) is 0 Å². The fourth-order valence-corrected chi connectivity index (χ4v) is 4.19. The van der Waals surface area contributed by atoms with Gasteiger partial charge in [0.2, 0.25) is 5.91 Å². The van der Waals surface area contributed by atoms with Gasteiger partial charge in [-0.2, -0.15) is 0 Å². The largest absolute Gasteiger partial charge is 0.353 e. The van der Waals surface area contributed by atoms with Crippen LogP contribution in [-0.2, 0) is 4.79 Å². The van der Waals surface area contributed by atoms with Crippen molar-refractivity contribution in [3.8, 4) is 0 Å². The van der Waals surface area contributed by atoms with Crippen molar-refractivity contribution in [1.29, 1.82) is 0 Å². The zero-order valence-electron chi connectivity index (χ0n) is 10.5. The molecule has 17 heavy (non-hydrogen) atoms. The van der Waals surface area contributed by atoms with E-state index >= 15 is 0 Å². The Morgan fingerprint density at radius 3 is 2.59 bits per heavy atom. The van der Waals surface area contributed by atoms with E-state index < -0.39 is 0 Å². The molecule has 0 aromatic heterocycles. The Kier molecular flexibility index (Phi) is 3.12. The van der Waals surface area contributed by atoms with Crippen LogP contribution in [0.3, 0.4) is 0 Å². The molecule has 5 atom stereocenters. The molecule has 3 N–H and O–H groups in total. The summed E-state index contributed by atoms with van der Waals surface area (Å²) in [5.41, 5.74) is 5.95. The molecule has 3 rings (SSSR count). The summed E-state index contributed by atoms with van der Waals surface area (Å²) in [5, 5.41) is 3.31. The third kappa shape index (κ3) is 2.35. The minimum Gasteiger partial charge on any atom is -0.353 e. The Morgan fingerprint density at radius 1 is 1.06 bits per heavy atom. The van der Waals surface area contributed by atoms with Crippen molar-refractivity contribution in [2.75, 3.05) is 0 Å². The molecule has 3 aliphatic rings. The van der Waals surface area contributed by atoms with Crippen molar-refractivity contribution in [3.63, 3.8) is 0 Å². The van der Waals surface area contributed by atoms with E-state index in [1.807, 2.05) is 0 Å². The molecule has 1 amide bonds. The van der Waals surface area contributed by atoms with Crippen LogP contribution in [0, 0.1) is 17.8 Å².